The molecule has 0 aliphatic carbocycles. The molecule has 0 saturated carbocycles. The molecule has 0 aliphatic rings. The maximum atomic E-state index is 12.2. The van der Waals surface area contributed by atoms with Gasteiger partial charge in [0.05, 0.1) is 0 Å². The first kappa shape index (κ1) is 17.8. The van der Waals surface area contributed by atoms with E-state index in [-0.39, 0.29) is 12.4 Å². The van der Waals surface area contributed by atoms with Gasteiger partial charge in [-0.2, -0.15) is 0 Å². The van der Waals surface area contributed by atoms with Gasteiger partial charge in [0.1, 0.15) is 11.9 Å². The fraction of sp³-hybridized carbons (Fsp3) is 0.278. The molecule has 0 fully saturated rings. The molecule has 2 aromatic rings. The fourth-order valence-corrected chi connectivity index (χ4v) is 2.33. The first-order valence-electron chi connectivity index (χ1n) is 7.59. The van der Waals surface area contributed by atoms with Crippen molar-refractivity contribution in [3.8, 4) is 5.75 Å². The molecule has 0 aromatic heterocycles. The van der Waals surface area contributed by atoms with Crippen molar-refractivity contribution in [2.75, 3.05) is 19.0 Å². The maximum absolute atomic E-state index is 12.2. The molecule has 24 heavy (non-hydrogen) atoms. The molecule has 3 N–H and O–H groups in total. The number of hydrogen-bond donors (Lipinski definition) is 3. The van der Waals surface area contributed by atoms with Crippen LogP contribution in [0.4, 0.5) is 10.5 Å². The van der Waals surface area contributed by atoms with Crippen molar-refractivity contribution in [2.45, 2.75) is 18.6 Å². The monoisotopic (exact) mass is 331 g/mol. The van der Waals surface area contributed by atoms with Crippen LogP contribution < -0.4 is 5.32 Å². The number of benzene rings is 2. The number of para-hydroxylation sites is 1. The van der Waals surface area contributed by atoms with Crippen molar-refractivity contribution in [3.63, 3.8) is 0 Å². The Morgan fingerprint density at radius 2 is 1.79 bits per heavy atom. The molecular weight excluding hydrogens is 310 g/mol. The van der Waals surface area contributed by atoms with Crippen molar-refractivity contribution >= 4 is 11.8 Å². The minimum absolute atomic E-state index is 0.100. The van der Waals surface area contributed by atoms with Crippen molar-refractivity contribution in [1.29, 1.82) is 0 Å². The number of rotatable bonds is 7. The number of hydrogen-bond acceptors (Lipinski definition) is 5. The normalized spacial score (nSPS) is 13.1. The number of aromatic hydroxyl groups is 1. The summed E-state index contributed by atoms with van der Waals surface area (Å²) in [4.78, 5) is 12.2. The van der Waals surface area contributed by atoms with Crippen molar-refractivity contribution < 1.29 is 24.5 Å². The van der Waals surface area contributed by atoms with E-state index in [4.69, 9.17) is 9.47 Å². The molecule has 0 aliphatic heterocycles. The van der Waals surface area contributed by atoms with Gasteiger partial charge in [-0.15, -0.1) is 0 Å². The van der Waals surface area contributed by atoms with E-state index in [1.54, 1.807) is 36.4 Å². The molecular formula is C18H21NO5. The van der Waals surface area contributed by atoms with E-state index < -0.39 is 18.3 Å². The standard InChI is InChI=1S/C18H21NO5/c1-23-16(11-12-20)17(13-7-9-15(21)10-8-13)24-18(22)19-14-5-3-2-4-6-14/h2-10,16-17,20-21H,11-12H2,1H3,(H,19,22)/t16-,17-/m1/s1. The zero-order valence-electron chi connectivity index (χ0n) is 13.4. The molecule has 6 nitrogen and oxygen atoms in total. The van der Waals surface area contributed by atoms with Crippen LogP contribution in [0.25, 0.3) is 0 Å². The van der Waals surface area contributed by atoms with Crippen molar-refractivity contribution in [2.24, 2.45) is 0 Å². The highest BCUT2D eigenvalue weighted by Gasteiger charge is 2.27. The molecule has 0 bridgehead atoms. The predicted octanol–water partition coefficient (Wildman–Crippen LogP) is 3.08. The Hall–Kier alpha value is -2.57. The summed E-state index contributed by atoms with van der Waals surface area (Å²) >= 11 is 0. The number of aliphatic hydroxyl groups is 1. The Kier molecular flexibility index (Phi) is 6.60. The van der Waals surface area contributed by atoms with Crippen molar-refractivity contribution in [3.05, 3.63) is 60.2 Å². The lowest BCUT2D eigenvalue weighted by atomic mass is 10.0. The third kappa shape index (κ3) is 4.97. The summed E-state index contributed by atoms with van der Waals surface area (Å²) < 4.78 is 10.9. The number of nitrogens with one attached hydrogen (secondary N) is 1. The van der Waals surface area contributed by atoms with Gasteiger partial charge in [-0.3, -0.25) is 5.32 Å². The van der Waals surface area contributed by atoms with Gasteiger partial charge in [0.2, 0.25) is 0 Å². The van der Waals surface area contributed by atoms with Crippen LogP contribution >= 0.6 is 0 Å². The van der Waals surface area contributed by atoms with E-state index in [0.29, 0.717) is 17.7 Å². The highest BCUT2D eigenvalue weighted by Crippen LogP contribution is 2.27. The Balaban J connectivity index is 2.15. The van der Waals surface area contributed by atoms with Gasteiger partial charge in [0.15, 0.2) is 6.10 Å². The highest BCUT2D eigenvalue weighted by molar-refractivity contribution is 5.84. The lowest BCUT2D eigenvalue weighted by Crippen LogP contribution is -2.28. The van der Waals surface area contributed by atoms with E-state index in [0.717, 1.165) is 0 Å². The first-order chi connectivity index (χ1) is 11.6. The summed E-state index contributed by atoms with van der Waals surface area (Å²) in [5, 5.41) is 21.3. The molecule has 0 spiro atoms. The highest BCUT2D eigenvalue weighted by atomic mass is 16.6. The average molecular weight is 331 g/mol. The fourth-order valence-electron chi connectivity index (χ4n) is 2.33. The lowest BCUT2D eigenvalue weighted by Gasteiger charge is -2.26. The van der Waals surface area contributed by atoms with Gasteiger partial charge in [0.25, 0.3) is 0 Å². The summed E-state index contributed by atoms with van der Waals surface area (Å²) in [5.74, 6) is 0.113. The summed E-state index contributed by atoms with van der Waals surface area (Å²) in [7, 11) is 1.49. The Bertz CT molecular complexity index is 630. The van der Waals surface area contributed by atoms with Crippen LogP contribution in [-0.4, -0.2) is 36.1 Å². The summed E-state index contributed by atoms with van der Waals surface area (Å²) in [6.45, 7) is -0.100. The molecule has 1 amide bonds. The Morgan fingerprint density at radius 1 is 1.12 bits per heavy atom. The molecule has 0 heterocycles. The van der Waals surface area contributed by atoms with Crippen LogP contribution in [0.1, 0.15) is 18.1 Å². The van der Waals surface area contributed by atoms with E-state index in [1.807, 2.05) is 6.07 Å². The maximum Gasteiger partial charge on any atom is 0.412 e. The minimum Gasteiger partial charge on any atom is -0.508 e. The van der Waals surface area contributed by atoms with Crippen molar-refractivity contribution in [1.82, 2.24) is 0 Å². The smallest absolute Gasteiger partial charge is 0.412 e. The Morgan fingerprint density at radius 3 is 2.38 bits per heavy atom. The third-order valence-electron chi connectivity index (χ3n) is 3.53. The first-order valence-corrected chi connectivity index (χ1v) is 7.59. The molecule has 0 unspecified atom stereocenters. The molecule has 0 saturated heterocycles. The zero-order chi connectivity index (χ0) is 17.4. The van der Waals surface area contributed by atoms with E-state index >= 15 is 0 Å². The predicted molar refractivity (Wildman–Crippen MR) is 89.9 cm³/mol. The Labute approximate surface area is 140 Å². The van der Waals surface area contributed by atoms with Crippen LogP contribution in [0.5, 0.6) is 5.75 Å². The number of methoxy groups -OCH3 is 1. The van der Waals surface area contributed by atoms with Gasteiger partial charge in [-0.1, -0.05) is 30.3 Å². The number of phenols is 1. The zero-order valence-corrected chi connectivity index (χ0v) is 13.4. The number of ether oxygens (including phenoxy) is 2. The van der Waals surface area contributed by atoms with Gasteiger partial charge in [0, 0.05) is 25.8 Å². The molecule has 2 atom stereocenters. The number of amides is 1. The van der Waals surface area contributed by atoms with Gasteiger partial charge in [-0.05, 0) is 29.8 Å². The van der Waals surface area contributed by atoms with E-state index in [2.05, 4.69) is 5.32 Å². The largest absolute Gasteiger partial charge is 0.508 e. The molecule has 2 aromatic carbocycles. The number of carbonyl (C=O) groups excluding carboxylic acids is 1. The quantitative estimate of drug-likeness (QED) is 0.726. The molecule has 128 valence electrons. The lowest BCUT2D eigenvalue weighted by molar-refractivity contribution is -0.0306. The topological polar surface area (TPSA) is 88.0 Å². The summed E-state index contributed by atoms with van der Waals surface area (Å²) in [6, 6.07) is 15.3. The average Bonchev–Trinajstić information content (AvgIpc) is 2.59. The second-order valence-corrected chi connectivity index (χ2v) is 5.19. The second-order valence-electron chi connectivity index (χ2n) is 5.19. The number of aliphatic hydroxyl groups excluding tert-OH is 1. The molecule has 2 rings (SSSR count). The van der Waals surface area contributed by atoms with Crippen LogP contribution in [-0.2, 0) is 9.47 Å². The van der Waals surface area contributed by atoms with Crippen LogP contribution in [0.2, 0.25) is 0 Å². The van der Waals surface area contributed by atoms with Crippen LogP contribution in [0.15, 0.2) is 54.6 Å². The number of carbonyl (C=O) groups is 1. The SMILES string of the molecule is CO[C@H](CCO)[C@H](OC(=O)Nc1ccccc1)c1ccc(O)cc1. The summed E-state index contributed by atoms with van der Waals surface area (Å²) in [6.07, 6.45) is -1.55. The van der Waals surface area contributed by atoms with Crippen LogP contribution in [0, 0.1) is 0 Å². The minimum atomic E-state index is -0.716. The second kappa shape index (κ2) is 8.90. The molecule has 0 radical (unpaired) electrons. The van der Waals surface area contributed by atoms with Gasteiger partial charge < -0.3 is 19.7 Å². The number of phenolic OH excluding ortho intramolecular Hbond substituents is 1. The number of anilines is 1. The molecule has 6 heteroatoms. The van der Waals surface area contributed by atoms with Gasteiger partial charge in [-0.25, -0.2) is 4.79 Å². The third-order valence-corrected chi connectivity index (χ3v) is 3.53. The summed E-state index contributed by atoms with van der Waals surface area (Å²) in [5.41, 5.74) is 1.28. The van der Waals surface area contributed by atoms with Gasteiger partial charge >= 0.3 is 6.09 Å². The van der Waals surface area contributed by atoms with Crippen LogP contribution in [0.3, 0.4) is 0 Å². The van der Waals surface area contributed by atoms with E-state index in [1.165, 1.54) is 19.2 Å². The van der Waals surface area contributed by atoms with E-state index in [9.17, 15) is 15.0 Å².